The summed E-state index contributed by atoms with van der Waals surface area (Å²) < 4.78 is 38.7. The molecule has 0 saturated carbocycles. The van der Waals surface area contributed by atoms with E-state index in [9.17, 15) is 8.78 Å². The van der Waals surface area contributed by atoms with Crippen molar-refractivity contribution in [2.24, 2.45) is 0 Å². The lowest BCUT2D eigenvalue weighted by atomic mass is 10.1. The lowest BCUT2D eigenvalue weighted by Crippen LogP contribution is -2.22. The number of ether oxygens (including phenoxy) is 2. The highest BCUT2D eigenvalue weighted by atomic mass is 35.5. The number of pyridine rings is 1. The van der Waals surface area contributed by atoms with Crippen molar-refractivity contribution < 1.29 is 18.3 Å². The van der Waals surface area contributed by atoms with Gasteiger partial charge in [0, 0.05) is 11.8 Å². The van der Waals surface area contributed by atoms with Gasteiger partial charge in [-0.3, -0.25) is 0 Å². The van der Waals surface area contributed by atoms with E-state index in [1.807, 2.05) is 26.8 Å². The van der Waals surface area contributed by atoms with E-state index in [4.69, 9.17) is 33.3 Å². The van der Waals surface area contributed by atoms with Crippen molar-refractivity contribution in [3.05, 3.63) is 82.7 Å². The number of aromatic nitrogens is 1. The number of benzene rings is 1. The number of rotatable bonds is 5. The largest absolute Gasteiger partial charge is 0.484 e. The summed E-state index contributed by atoms with van der Waals surface area (Å²) in [6, 6.07) is 5.20. The number of hydrogen-bond acceptors (Lipinski definition) is 4. The third-order valence-corrected chi connectivity index (χ3v) is 4.59. The van der Waals surface area contributed by atoms with Crippen molar-refractivity contribution in [1.29, 1.82) is 0 Å². The van der Waals surface area contributed by atoms with Gasteiger partial charge in [0.05, 0.1) is 16.3 Å². The van der Waals surface area contributed by atoms with Crippen LogP contribution in [0.15, 0.2) is 54.8 Å². The monoisotopic (exact) mass is 464 g/mol. The molecule has 0 aliphatic carbocycles. The molecule has 2 heterocycles. The van der Waals surface area contributed by atoms with Crippen LogP contribution in [0.25, 0.3) is 5.57 Å². The molecule has 0 atom stereocenters. The Hall–Kier alpha value is -2.77. The van der Waals surface area contributed by atoms with Crippen LogP contribution in [-0.2, 0) is 0 Å². The number of thiocarbonyl (C=S) groups is 1. The molecular weight excluding hydrogens is 442 g/mol. The van der Waals surface area contributed by atoms with E-state index in [1.54, 1.807) is 18.2 Å². The molecule has 1 aliphatic heterocycles. The minimum Gasteiger partial charge on any atom is -0.484 e. The van der Waals surface area contributed by atoms with E-state index in [1.165, 1.54) is 6.07 Å². The molecule has 1 N–H and O–H groups in total. The summed E-state index contributed by atoms with van der Waals surface area (Å²) in [5.41, 5.74) is 1.23. The van der Waals surface area contributed by atoms with Crippen LogP contribution in [0, 0.1) is 11.6 Å². The zero-order chi connectivity index (χ0) is 23.0. The highest BCUT2D eigenvalue weighted by Crippen LogP contribution is 2.35. The summed E-state index contributed by atoms with van der Waals surface area (Å²) in [6.45, 7) is 10.5. The Balaban J connectivity index is 0.00000166. The van der Waals surface area contributed by atoms with Crippen molar-refractivity contribution in [1.82, 2.24) is 10.3 Å². The first-order valence-corrected chi connectivity index (χ1v) is 10.4. The minimum atomic E-state index is -0.749. The molecule has 0 spiro atoms. The Bertz CT molecular complexity index is 1020. The van der Waals surface area contributed by atoms with Crippen LogP contribution in [0.1, 0.15) is 32.0 Å². The SMILES string of the molecule is C=C(/C=C\C(=C/C)c1nc2c(cc1Cl)OCCO2)NC(=S)c1c(F)cccc1F.CC. The molecule has 1 aromatic heterocycles. The molecular formula is C23H23ClF2N2O2S. The molecule has 2 aromatic rings. The summed E-state index contributed by atoms with van der Waals surface area (Å²) in [7, 11) is 0. The van der Waals surface area contributed by atoms with Crippen molar-refractivity contribution in [2.45, 2.75) is 20.8 Å². The standard InChI is InChI=1S/C21H17ClF2N2O2S.C2H6/c1-3-13(19-14(22)11-17-20(26-19)28-10-9-27-17)8-7-12(2)25-21(29)18-15(23)5-4-6-16(18)24;1-2/h3-8,11H,2,9-10H2,1H3,(H,25,29);1-2H3/b8-7-,13-3+;. The Morgan fingerprint density at radius 1 is 1.19 bits per heavy atom. The molecule has 4 nitrogen and oxygen atoms in total. The van der Waals surface area contributed by atoms with Gasteiger partial charge in [0.25, 0.3) is 5.88 Å². The van der Waals surface area contributed by atoms with E-state index < -0.39 is 11.6 Å². The first-order valence-electron chi connectivity index (χ1n) is 9.66. The van der Waals surface area contributed by atoms with Gasteiger partial charge >= 0.3 is 0 Å². The van der Waals surface area contributed by atoms with Crippen LogP contribution < -0.4 is 14.8 Å². The summed E-state index contributed by atoms with van der Waals surface area (Å²) in [4.78, 5) is 4.32. The van der Waals surface area contributed by atoms with Crippen molar-refractivity contribution >= 4 is 34.4 Å². The second kappa shape index (κ2) is 11.6. The molecule has 1 aliphatic rings. The van der Waals surface area contributed by atoms with Crippen LogP contribution in [-0.4, -0.2) is 23.2 Å². The van der Waals surface area contributed by atoms with Gasteiger partial charge in [0.1, 0.15) is 29.8 Å². The fourth-order valence-electron chi connectivity index (χ4n) is 2.62. The molecule has 0 bridgehead atoms. The van der Waals surface area contributed by atoms with Crippen molar-refractivity contribution in [3.8, 4) is 11.6 Å². The molecule has 0 fully saturated rings. The normalized spacial score (nSPS) is 12.8. The Morgan fingerprint density at radius 3 is 2.48 bits per heavy atom. The fourth-order valence-corrected chi connectivity index (χ4v) is 3.20. The summed E-state index contributed by atoms with van der Waals surface area (Å²) in [5, 5.41) is 3.12. The molecule has 1 aromatic carbocycles. The zero-order valence-corrected chi connectivity index (χ0v) is 19.0. The van der Waals surface area contributed by atoms with E-state index >= 15 is 0 Å². The fraction of sp³-hybridized carbons (Fsp3) is 0.217. The van der Waals surface area contributed by atoms with Crippen LogP contribution >= 0.6 is 23.8 Å². The third-order valence-electron chi connectivity index (χ3n) is 4.00. The van der Waals surface area contributed by atoms with Gasteiger partial charge in [0.15, 0.2) is 5.75 Å². The second-order valence-corrected chi connectivity index (χ2v) is 6.79. The molecule has 0 radical (unpaired) electrons. The summed E-state index contributed by atoms with van der Waals surface area (Å²) in [6.07, 6.45) is 5.12. The van der Waals surface area contributed by atoms with E-state index in [2.05, 4.69) is 16.9 Å². The number of nitrogens with zero attached hydrogens (tertiary/aromatic N) is 1. The molecule has 8 heteroatoms. The van der Waals surface area contributed by atoms with E-state index in [0.717, 1.165) is 12.1 Å². The number of fused-ring (bicyclic) bond motifs is 1. The Kier molecular flexibility index (Phi) is 9.15. The van der Waals surface area contributed by atoms with Gasteiger partial charge in [-0.2, -0.15) is 0 Å². The lowest BCUT2D eigenvalue weighted by Gasteiger charge is -2.18. The Labute approximate surface area is 191 Å². The first-order chi connectivity index (χ1) is 14.9. The summed E-state index contributed by atoms with van der Waals surface area (Å²) in [5.74, 6) is -0.634. The van der Waals surface area contributed by atoms with E-state index in [-0.39, 0.29) is 10.6 Å². The average Bonchev–Trinajstić information content (AvgIpc) is 2.75. The lowest BCUT2D eigenvalue weighted by molar-refractivity contribution is 0.164. The summed E-state index contributed by atoms with van der Waals surface area (Å²) >= 11 is 11.4. The van der Waals surface area contributed by atoms with Crippen LogP contribution in [0.5, 0.6) is 11.6 Å². The number of nitrogens with one attached hydrogen (secondary N) is 1. The van der Waals surface area contributed by atoms with Gasteiger partial charge < -0.3 is 14.8 Å². The highest BCUT2D eigenvalue weighted by molar-refractivity contribution is 7.80. The molecule has 0 amide bonds. The number of hydrogen-bond donors (Lipinski definition) is 1. The maximum absolute atomic E-state index is 13.9. The predicted octanol–water partition coefficient (Wildman–Crippen LogP) is 6.25. The first kappa shape index (κ1) is 24.5. The smallest absolute Gasteiger partial charge is 0.257 e. The van der Waals surface area contributed by atoms with Crippen molar-refractivity contribution in [2.75, 3.05) is 13.2 Å². The molecule has 0 saturated heterocycles. The van der Waals surface area contributed by atoms with Crippen LogP contribution in [0.2, 0.25) is 5.02 Å². The Morgan fingerprint density at radius 2 is 1.84 bits per heavy atom. The van der Waals surface area contributed by atoms with Crippen LogP contribution in [0.4, 0.5) is 8.78 Å². The van der Waals surface area contributed by atoms with E-state index in [0.29, 0.717) is 46.8 Å². The van der Waals surface area contributed by atoms with Crippen molar-refractivity contribution in [3.63, 3.8) is 0 Å². The topological polar surface area (TPSA) is 43.4 Å². The average molecular weight is 465 g/mol. The molecule has 0 unspecified atom stereocenters. The molecule has 3 rings (SSSR count). The number of allylic oxidation sites excluding steroid dienone is 4. The third kappa shape index (κ3) is 6.12. The van der Waals surface area contributed by atoms with Gasteiger partial charge in [0.2, 0.25) is 0 Å². The van der Waals surface area contributed by atoms with Crippen LogP contribution in [0.3, 0.4) is 0 Å². The molecule has 164 valence electrons. The quantitative estimate of drug-likeness (QED) is 0.418. The molecule has 31 heavy (non-hydrogen) atoms. The second-order valence-electron chi connectivity index (χ2n) is 5.97. The number of halogens is 3. The maximum atomic E-state index is 13.9. The maximum Gasteiger partial charge on any atom is 0.257 e. The zero-order valence-electron chi connectivity index (χ0n) is 17.5. The van der Waals surface area contributed by atoms with Gasteiger partial charge in [-0.15, -0.1) is 0 Å². The van der Waals surface area contributed by atoms with Gasteiger partial charge in [-0.05, 0) is 30.7 Å². The highest BCUT2D eigenvalue weighted by Gasteiger charge is 2.18. The van der Waals surface area contributed by atoms with Gasteiger partial charge in [-0.25, -0.2) is 13.8 Å². The predicted molar refractivity (Wildman–Crippen MR) is 125 cm³/mol. The minimum absolute atomic E-state index is 0.104. The van der Waals surface area contributed by atoms with Gasteiger partial charge in [-0.1, -0.05) is 62.5 Å².